The second kappa shape index (κ2) is 10.6. The van der Waals surface area contributed by atoms with Crippen LogP contribution in [-0.4, -0.2) is 45.6 Å². The zero-order valence-corrected chi connectivity index (χ0v) is 15.6. The SMILES string of the molecule is COc1ccccc1CNC(=O)COC(=O)COc1ccc(C=O)cc1OC. The van der Waals surface area contributed by atoms with E-state index in [1.165, 1.54) is 25.3 Å². The molecule has 0 heterocycles. The molecule has 2 aromatic rings. The van der Waals surface area contributed by atoms with Gasteiger partial charge < -0.3 is 24.3 Å². The standard InChI is InChI=1S/C20H21NO7/c1-25-16-6-4-3-5-15(16)10-21-19(23)12-28-20(24)13-27-17-8-7-14(11-22)9-18(17)26-2/h3-9,11H,10,12-13H2,1-2H3,(H,21,23). The molecule has 8 nitrogen and oxygen atoms in total. The van der Waals surface area contributed by atoms with E-state index in [0.29, 0.717) is 23.3 Å². The third kappa shape index (κ3) is 6.01. The first-order valence-corrected chi connectivity index (χ1v) is 8.37. The van der Waals surface area contributed by atoms with Gasteiger partial charge >= 0.3 is 5.97 Å². The fourth-order valence-corrected chi connectivity index (χ4v) is 2.29. The van der Waals surface area contributed by atoms with Gasteiger partial charge in [0, 0.05) is 17.7 Å². The molecule has 2 rings (SSSR count). The summed E-state index contributed by atoms with van der Waals surface area (Å²) in [7, 11) is 2.96. The Bertz CT molecular complexity index is 835. The minimum Gasteiger partial charge on any atom is -0.496 e. The van der Waals surface area contributed by atoms with E-state index in [4.69, 9.17) is 18.9 Å². The molecule has 0 aliphatic heterocycles. The van der Waals surface area contributed by atoms with Crippen molar-refractivity contribution in [3.8, 4) is 17.2 Å². The molecule has 0 atom stereocenters. The summed E-state index contributed by atoms with van der Waals surface area (Å²) in [5, 5.41) is 2.64. The Labute approximate surface area is 162 Å². The molecule has 0 radical (unpaired) electrons. The summed E-state index contributed by atoms with van der Waals surface area (Å²) in [6, 6.07) is 11.8. The molecular formula is C20H21NO7. The number of aldehydes is 1. The van der Waals surface area contributed by atoms with Gasteiger partial charge in [0.05, 0.1) is 14.2 Å². The normalized spacial score (nSPS) is 9.93. The summed E-state index contributed by atoms with van der Waals surface area (Å²) in [4.78, 5) is 34.4. The van der Waals surface area contributed by atoms with E-state index >= 15 is 0 Å². The number of benzene rings is 2. The summed E-state index contributed by atoms with van der Waals surface area (Å²) in [6.45, 7) is -0.591. The largest absolute Gasteiger partial charge is 0.496 e. The maximum atomic E-state index is 11.8. The van der Waals surface area contributed by atoms with Crippen LogP contribution < -0.4 is 19.5 Å². The highest BCUT2D eigenvalue weighted by Gasteiger charge is 2.12. The molecule has 0 saturated heterocycles. The number of hydrogen-bond donors (Lipinski definition) is 1. The van der Waals surface area contributed by atoms with Crippen LogP contribution in [0.2, 0.25) is 0 Å². The van der Waals surface area contributed by atoms with Crippen molar-refractivity contribution >= 4 is 18.2 Å². The minimum atomic E-state index is -0.714. The molecule has 0 spiro atoms. The Morgan fingerprint density at radius 3 is 2.43 bits per heavy atom. The Hall–Kier alpha value is -3.55. The molecule has 0 aliphatic carbocycles. The van der Waals surface area contributed by atoms with Crippen LogP contribution in [0.3, 0.4) is 0 Å². The van der Waals surface area contributed by atoms with Crippen molar-refractivity contribution in [3.05, 3.63) is 53.6 Å². The van der Waals surface area contributed by atoms with E-state index in [9.17, 15) is 14.4 Å². The molecule has 28 heavy (non-hydrogen) atoms. The van der Waals surface area contributed by atoms with Gasteiger partial charge in [-0.15, -0.1) is 0 Å². The third-order valence-corrected chi connectivity index (χ3v) is 3.70. The summed E-state index contributed by atoms with van der Waals surface area (Å²) < 4.78 is 20.5. The van der Waals surface area contributed by atoms with E-state index in [1.54, 1.807) is 13.2 Å². The summed E-state index contributed by atoms with van der Waals surface area (Å²) in [6.07, 6.45) is 0.671. The van der Waals surface area contributed by atoms with Crippen molar-refractivity contribution in [1.29, 1.82) is 0 Å². The number of esters is 1. The van der Waals surface area contributed by atoms with Gasteiger partial charge in [0.2, 0.25) is 0 Å². The molecular weight excluding hydrogens is 366 g/mol. The van der Waals surface area contributed by atoms with Gasteiger partial charge in [0.1, 0.15) is 12.0 Å². The molecule has 1 amide bonds. The zero-order chi connectivity index (χ0) is 20.4. The van der Waals surface area contributed by atoms with Crippen molar-refractivity contribution in [3.63, 3.8) is 0 Å². The van der Waals surface area contributed by atoms with Crippen LogP contribution >= 0.6 is 0 Å². The Morgan fingerprint density at radius 1 is 0.964 bits per heavy atom. The molecule has 148 valence electrons. The van der Waals surface area contributed by atoms with E-state index in [0.717, 1.165) is 5.56 Å². The Kier molecular flexibility index (Phi) is 7.83. The van der Waals surface area contributed by atoms with Crippen LogP contribution in [-0.2, 0) is 20.9 Å². The van der Waals surface area contributed by atoms with Crippen molar-refractivity contribution < 1.29 is 33.3 Å². The number of carbonyl (C=O) groups excluding carboxylic acids is 3. The lowest BCUT2D eigenvalue weighted by molar-refractivity contribution is -0.150. The van der Waals surface area contributed by atoms with Crippen LogP contribution in [0.5, 0.6) is 17.2 Å². The fraction of sp³-hybridized carbons (Fsp3) is 0.250. The maximum Gasteiger partial charge on any atom is 0.344 e. The summed E-state index contributed by atoms with van der Waals surface area (Å²) in [5.41, 5.74) is 1.22. The van der Waals surface area contributed by atoms with Crippen molar-refractivity contribution in [1.82, 2.24) is 5.32 Å². The van der Waals surface area contributed by atoms with E-state index in [2.05, 4.69) is 5.32 Å². The van der Waals surface area contributed by atoms with Crippen molar-refractivity contribution in [2.45, 2.75) is 6.54 Å². The monoisotopic (exact) mass is 387 g/mol. The quantitative estimate of drug-likeness (QED) is 0.490. The average Bonchev–Trinajstić information content (AvgIpc) is 2.74. The molecule has 1 N–H and O–H groups in total. The maximum absolute atomic E-state index is 11.8. The first-order chi connectivity index (χ1) is 13.6. The van der Waals surface area contributed by atoms with Crippen LogP contribution in [0.1, 0.15) is 15.9 Å². The third-order valence-electron chi connectivity index (χ3n) is 3.70. The molecule has 2 aromatic carbocycles. The molecule has 8 heteroatoms. The summed E-state index contributed by atoms with van der Waals surface area (Å²) >= 11 is 0. The van der Waals surface area contributed by atoms with Gasteiger partial charge in [0.25, 0.3) is 5.91 Å². The fourth-order valence-electron chi connectivity index (χ4n) is 2.29. The second-order valence-electron chi connectivity index (χ2n) is 5.57. The number of methoxy groups -OCH3 is 2. The van der Waals surface area contributed by atoms with Gasteiger partial charge in [0.15, 0.2) is 24.7 Å². The first-order valence-electron chi connectivity index (χ1n) is 8.37. The second-order valence-corrected chi connectivity index (χ2v) is 5.57. The van der Waals surface area contributed by atoms with Crippen LogP contribution in [0.15, 0.2) is 42.5 Å². The minimum absolute atomic E-state index is 0.247. The number of carbonyl (C=O) groups is 3. The topological polar surface area (TPSA) is 100 Å². The van der Waals surface area contributed by atoms with Crippen LogP contribution in [0, 0.1) is 0 Å². The van der Waals surface area contributed by atoms with E-state index in [1.807, 2.05) is 18.2 Å². The highest BCUT2D eigenvalue weighted by molar-refractivity contribution is 5.81. The highest BCUT2D eigenvalue weighted by Crippen LogP contribution is 2.27. The summed E-state index contributed by atoms with van der Waals surface area (Å²) in [5.74, 6) is 0.0847. The van der Waals surface area contributed by atoms with Crippen molar-refractivity contribution in [2.75, 3.05) is 27.4 Å². The predicted octanol–water partition coefficient (Wildman–Crippen LogP) is 1.75. The number of amides is 1. The lowest BCUT2D eigenvalue weighted by Crippen LogP contribution is -2.29. The molecule has 0 unspecified atom stereocenters. The van der Waals surface area contributed by atoms with Gasteiger partial charge in [-0.25, -0.2) is 4.79 Å². The lowest BCUT2D eigenvalue weighted by atomic mass is 10.2. The Morgan fingerprint density at radius 2 is 1.71 bits per heavy atom. The number of nitrogens with one attached hydrogen (secondary N) is 1. The smallest absolute Gasteiger partial charge is 0.344 e. The molecule has 0 aliphatic rings. The number of hydrogen-bond acceptors (Lipinski definition) is 7. The van der Waals surface area contributed by atoms with Gasteiger partial charge in [-0.05, 0) is 24.3 Å². The molecule has 0 bridgehead atoms. The highest BCUT2D eigenvalue weighted by atomic mass is 16.6. The van der Waals surface area contributed by atoms with E-state index < -0.39 is 25.1 Å². The first kappa shape index (κ1) is 20.8. The van der Waals surface area contributed by atoms with Crippen molar-refractivity contribution in [2.24, 2.45) is 0 Å². The number of para-hydroxylation sites is 1. The number of rotatable bonds is 10. The lowest BCUT2D eigenvalue weighted by Gasteiger charge is -2.11. The van der Waals surface area contributed by atoms with Gasteiger partial charge in [-0.3, -0.25) is 9.59 Å². The Balaban J connectivity index is 1.76. The zero-order valence-electron chi connectivity index (χ0n) is 15.6. The van der Waals surface area contributed by atoms with E-state index in [-0.39, 0.29) is 12.3 Å². The molecule has 0 aromatic heterocycles. The van der Waals surface area contributed by atoms with Gasteiger partial charge in [-0.1, -0.05) is 18.2 Å². The predicted molar refractivity (Wildman–Crippen MR) is 99.7 cm³/mol. The van der Waals surface area contributed by atoms with Gasteiger partial charge in [-0.2, -0.15) is 0 Å². The van der Waals surface area contributed by atoms with Crippen LogP contribution in [0.4, 0.5) is 0 Å². The molecule has 0 fully saturated rings. The molecule has 0 saturated carbocycles. The number of ether oxygens (including phenoxy) is 4. The average molecular weight is 387 g/mol. The van der Waals surface area contributed by atoms with Crippen LogP contribution in [0.25, 0.3) is 0 Å².